The number of carbonyl (C=O) groups is 2. The van der Waals surface area contributed by atoms with Crippen LogP contribution in [0.3, 0.4) is 0 Å². The molecule has 2 N–H and O–H groups in total. The minimum atomic E-state index is -3.66. The number of nitrogens with one attached hydrogen (secondary N) is 2. The molecule has 1 atom stereocenters. The van der Waals surface area contributed by atoms with E-state index in [0.717, 1.165) is 4.31 Å². The summed E-state index contributed by atoms with van der Waals surface area (Å²) in [6.07, 6.45) is 0.193. The van der Waals surface area contributed by atoms with Crippen LogP contribution in [0.25, 0.3) is 0 Å². The predicted molar refractivity (Wildman–Crippen MR) is 81.2 cm³/mol. The first-order valence-corrected chi connectivity index (χ1v) is 8.33. The number of rotatable bonds is 4. The maximum Gasteiger partial charge on any atom is 0.253 e. The second-order valence-corrected chi connectivity index (χ2v) is 7.67. The Labute approximate surface area is 133 Å². The molecule has 0 saturated carbocycles. The molecule has 0 bridgehead atoms. The summed E-state index contributed by atoms with van der Waals surface area (Å²) in [5.74, 6) is -0.650. The highest BCUT2D eigenvalue weighted by Crippen LogP contribution is 2.22. The fraction of sp³-hybridized carbons (Fsp3) is 0.385. The van der Waals surface area contributed by atoms with Crippen molar-refractivity contribution in [3.8, 4) is 0 Å². The van der Waals surface area contributed by atoms with Gasteiger partial charge in [0.15, 0.2) is 0 Å². The van der Waals surface area contributed by atoms with E-state index in [1.165, 1.54) is 32.3 Å². The molecular formula is C13H16ClN3O4S. The fourth-order valence-corrected chi connectivity index (χ4v) is 3.15. The van der Waals surface area contributed by atoms with E-state index in [1.54, 1.807) is 0 Å². The molecule has 22 heavy (non-hydrogen) atoms. The molecule has 1 aromatic carbocycles. The van der Waals surface area contributed by atoms with E-state index in [2.05, 4.69) is 10.6 Å². The Hall–Kier alpha value is -1.64. The summed E-state index contributed by atoms with van der Waals surface area (Å²) in [7, 11) is -0.853. The maximum absolute atomic E-state index is 12.2. The number of hydrogen-bond donors (Lipinski definition) is 2. The maximum atomic E-state index is 12.2. The third kappa shape index (κ3) is 3.40. The molecule has 0 radical (unpaired) electrons. The summed E-state index contributed by atoms with van der Waals surface area (Å²) in [5.41, 5.74) is 0.0592. The third-order valence-electron chi connectivity index (χ3n) is 3.27. The molecule has 9 heteroatoms. The van der Waals surface area contributed by atoms with Crippen molar-refractivity contribution < 1.29 is 18.0 Å². The van der Waals surface area contributed by atoms with Gasteiger partial charge in [-0.1, -0.05) is 11.6 Å². The molecule has 1 aliphatic heterocycles. The Morgan fingerprint density at radius 1 is 1.41 bits per heavy atom. The molecule has 0 unspecified atom stereocenters. The lowest BCUT2D eigenvalue weighted by molar-refractivity contribution is -0.119. The Balaban J connectivity index is 2.27. The normalized spacial score (nSPS) is 18.4. The molecule has 1 aliphatic rings. The van der Waals surface area contributed by atoms with Gasteiger partial charge in [-0.25, -0.2) is 12.7 Å². The lowest BCUT2D eigenvalue weighted by Crippen LogP contribution is -2.36. The molecule has 1 saturated heterocycles. The van der Waals surface area contributed by atoms with Gasteiger partial charge in [-0.2, -0.15) is 0 Å². The van der Waals surface area contributed by atoms with E-state index < -0.39 is 15.9 Å². The zero-order chi connectivity index (χ0) is 16.5. The van der Waals surface area contributed by atoms with Gasteiger partial charge < -0.3 is 10.6 Å². The SMILES string of the molecule is CN(C)S(=O)(=O)c1ccc(Cl)c(C(=O)N[C@@H]2CNC(=O)C2)c1. The standard InChI is InChI=1S/C13H16ClN3O4S/c1-17(2)22(20,21)9-3-4-11(14)10(6-9)13(19)16-8-5-12(18)15-7-8/h3-4,6,8H,5,7H2,1-2H3,(H,15,18)(H,16,19)/t8-/m0/s1. The fourth-order valence-electron chi connectivity index (χ4n) is 2.02. The monoisotopic (exact) mass is 345 g/mol. The lowest BCUT2D eigenvalue weighted by atomic mass is 10.2. The van der Waals surface area contributed by atoms with Crippen LogP contribution in [0.2, 0.25) is 5.02 Å². The van der Waals surface area contributed by atoms with Crippen LogP contribution in [0.5, 0.6) is 0 Å². The number of halogens is 1. The van der Waals surface area contributed by atoms with E-state index in [9.17, 15) is 18.0 Å². The molecule has 2 rings (SSSR count). The van der Waals surface area contributed by atoms with Gasteiger partial charge in [0, 0.05) is 27.1 Å². The second-order valence-electron chi connectivity index (χ2n) is 5.11. The summed E-state index contributed by atoms with van der Waals surface area (Å²) in [6.45, 7) is 0.345. The van der Waals surface area contributed by atoms with Gasteiger partial charge in [0.1, 0.15) is 0 Å². The van der Waals surface area contributed by atoms with Gasteiger partial charge >= 0.3 is 0 Å². The zero-order valence-corrected chi connectivity index (χ0v) is 13.7. The van der Waals surface area contributed by atoms with Gasteiger partial charge in [-0.3, -0.25) is 9.59 Å². The lowest BCUT2D eigenvalue weighted by Gasteiger charge is -2.14. The van der Waals surface area contributed by atoms with Crippen molar-refractivity contribution in [2.45, 2.75) is 17.4 Å². The van der Waals surface area contributed by atoms with E-state index in [0.29, 0.717) is 6.54 Å². The number of nitrogens with zero attached hydrogens (tertiary/aromatic N) is 1. The molecule has 1 aromatic rings. The van der Waals surface area contributed by atoms with Crippen LogP contribution in [0.1, 0.15) is 16.8 Å². The molecule has 120 valence electrons. The molecule has 7 nitrogen and oxygen atoms in total. The minimum absolute atomic E-state index is 0.0207. The van der Waals surface area contributed by atoms with Crippen molar-refractivity contribution in [1.82, 2.24) is 14.9 Å². The molecule has 0 aromatic heterocycles. The van der Waals surface area contributed by atoms with Gasteiger partial charge in [0.2, 0.25) is 15.9 Å². The van der Waals surface area contributed by atoms with Crippen molar-refractivity contribution in [3.63, 3.8) is 0 Å². The van der Waals surface area contributed by atoms with Crippen molar-refractivity contribution in [2.24, 2.45) is 0 Å². The van der Waals surface area contributed by atoms with Crippen molar-refractivity contribution in [1.29, 1.82) is 0 Å². The summed E-state index contributed by atoms with van der Waals surface area (Å²) in [4.78, 5) is 23.3. The average molecular weight is 346 g/mol. The molecule has 0 aliphatic carbocycles. The average Bonchev–Trinajstić information content (AvgIpc) is 2.84. The molecule has 1 fully saturated rings. The Morgan fingerprint density at radius 3 is 2.64 bits per heavy atom. The van der Waals surface area contributed by atoms with Crippen molar-refractivity contribution in [2.75, 3.05) is 20.6 Å². The first-order chi connectivity index (χ1) is 10.2. The highest BCUT2D eigenvalue weighted by Gasteiger charge is 2.25. The summed E-state index contributed by atoms with van der Waals surface area (Å²) < 4.78 is 25.3. The Kier molecular flexibility index (Phi) is 4.74. The summed E-state index contributed by atoms with van der Waals surface area (Å²) >= 11 is 5.98. The third-order valence-corrected chi connectivity index (χ3v) is 5.41. The minimum Gasteiger partial charge on any atom is -0.354 e. The summed E-state index contributed by atoms with van der Waals surface area (Å²) in [5, 5.41) is 5.41. The van der Waals surface area contributed by atoms with E-state index in [1.807, 2.05) is 0 Å². The topological polar surface area (TPSA) is 95.6 Å². The second kappa shape index (κ2) is 6.23. The number of benzene rings is 1. The number of amides is 2. The van der Waals surface area contributed by atoms with Crippen LogP contribution in [0, 0.1) is 0 Å². The predicted octanol–water partition coefficient (Wildman–Crippen LogP) is 0.209. The van der Waals surface area contributed by atoms with E-state index in [-0.39, 0.29) is 33.9 Å². The van der Waals surface area contributed by atoms with Crippen LogP contribution in [-0.2, 0) is 14.8 Å². The van der Waals surface area contributed by atoms with Crippen LogP contribution in [-0.4, -0.2) is 51.2 Å². The highest BCUT2D eigenvalue weighted by atomic mass is 35.5. The quantitative estimate of drug-likeness (QED) is 0.815. The van der Waals surface area contributed by atoms with E-state index in [4.69, 9.17) is 11.6 Å². The van der Waals surface area contributed by atoms with Crippen LogP contribution in [0.4, 0.5) is 0 Å². The van der Waals surface area contributed by atoms with Gasteiger partial charge in [-0.05, 0) is 18.2 Å². The van der Waals surface area contributed by atoms with Crippen molar-refractivity contribution >= 4 is 33.4 Å². The van der Waals surface area contributed by atoms with Gasteiger partial charge in [0.25, 0.3) is 5.91 Å². The zero-order valence-electron chi connectivity index (χ0n) is 12.1. The molecule has 1 heterocycles. The van der Waals surface area contributed by atoms with Gasteiger partial charge in [-0.15, -0.1) is 0 Å². The Bertz CT molecular complexity index is 718. The summed E-state index contributed by atoms with van der Waals surface area (Å²) in [6, 6.07) is 3.61. The first-order valence-electron chi connectivity index (χ1n) is 6.51. The molecule has 0 spiro atoms. The van der Waals surface area contributed by atoms with Crippen LogP contribution in [0.15, 0.2) is 23.1 Å². The van der Waals surface area contributed by atoms with E-state index >= 15 is 0 Å². The van der Waals surface area contributed by atoms with Crippen LogP contribution >= 0.6 is 11.6 Å². The number of carbonyl (C=O) groups excluding carboxylic acids is 2. The molecular weight excluding hydrogens is 330 g/mol. The highest BCUT2D eigenvalue weighted by molar-refractivity contribution is 7.89. The van der Waals surface area contributed by atoms with Crippen molar-refractivity contribution in [3.05, 3.63) is 28.8 Å². The number of hydrogen-bond acceptors (Lipinski definition) is 4. The number of sulfonamides is 1. The largest absolute Gasteiger partial charge is 0.354 e. The first kappa shape index (κ1) is 16.7. The Morgan fingerprint density at radius 2 is 2.09 bits per heavy atom. The molecule has 2 amide bonds. The smallest absolute Gasteiger partial charge is 0.253 e. The van der Waals surface area contributed by atoms with Crippen LogP contribution < -0.4 is 10.6 Å². The van der Waals surface area contributed by atoms with Gasteiger partial charge in [0.05, 0.1) is 21.5 Å².